The van der Waals surface area contributed by atoms with Crippen LogP contribution in [-0.2, 0) is 9.84 Å². The minimum Gasteiger partial charge on any atom is -0.345 e. The Morgan fingerprint density at radius 2 is 1.96 bits per heavy atom. The van der Waals surface area contributed by atoms with Crippen molar-refractivity contribution in [1.82, 2.24) is 10.3 Å². The van der Waals surface area contributed by atoms with E-state index in [9.17, 15) is 18.0 Å². The number of carbonyl (C=O) groups is 1. The second-order valence-electron chi connectivity index (χ2n) is 6.35. The number of H-pyrrole nitrogens is 1. The molecule has 1 aliphatic heterocycles. The van der Waals surface area contributed by atoms with Gasteiger partial charge in [-0.2, -0.15) is 0 Å². The van der Waals surface area contributed by atoms with E-state index in [4.69, 9.17) is 11.6 Å². The number of sulfone groups is 1. The lowest BCUT2D eigenvalue weighted by atomic mass is 9.86. The summed E-state index contributed by atoms with van der Waals surface area (Å²) >= 11 is 6.28. The number of carbonyl (C=O) groups excluding carboxylic acids is 1. The Kier molecular flexibility index (Phi) is 4.83. The average Bonchev–Trinajstić information content (AvgIpc) is 2.88. The first kappa shape index (κ1) is 17.2. The predicted octanol–water partition coefficient (Wildman–Crippen LogP) is 2.12. The monoisotopic (exact) mass is 370 g/mol. The summed E-state index contributed by atoms with van der Waals surface area (Å²) in [6.45, 7) is 0. The van der Waals surface area contributed by atoms with Crippen LogP contribution >= 0.6 is 11.6 Å². The standard InChI is InChI=1S/C16H19ClN2O4S/c17-13-8-12(15(20)18-11-6-7-24(22,23)9-11)16(21)19-14(13)10-4-2-1-3-5-10/h6-8,10-11H,1-5,9H2,(H,18,20)(H,19,21)/t11-/m1/s1. The SMILES string of the molecule is O=C(N[C@@H]1C=CS(=O)(=O)C1)c1cc(Cl)c(C2CCCCC2)[nH]c1=O. The molecule has 6 nitrogen and oxygen atoms in total. The van der Waals surface area contributed by atoms with Gasteiger partial charge in [0.2, 0.25) is 0 Å². The lowest BCUT2D eigenvalue weighted by Gasteiger charge is -2.22. The van der Waals surface area contributed by atoms with E-state index in [1.807, 2.05) is 0 Å². The molecule has 2 aliphatic rings. The van der Waals surface area contributed by atoms with Crippen LogP contribution in [-0.4, -0.2) is 31.1 Å². The van der Waals surface area contributed by atoms with Crippen molar-refractivity contribution in [2.75, 3.05) is 5.75 Å². The number of rotatable bonds is 3. The summed E-state index contributed by atoms with van der Waals surface area (Å²) in [6.07, 6.45) is 6.76. The van der Waals surface area contributed by atoms with E-state index in [1.165, 1.54) is 18.6 Å². The van der Waals surface area contributed by atoms with E-state index in [1.54, 1.807) is 0 Å². The molecule has 8 heteroatoms. The Balaban J connectivity index is 1.79. The summed E-state index contributed by atoms with van der Waals surface area (Å²) < 4.78 is 22.7. The molecule has 130 valence electrons. The Morgan fingerprint density at radius 3 is 2.58 bits per heavy atom. The number of aromatic nitrogens is 1. The molecule has 2 heterocycles. The molecule has 0 bridgehead atoms. The second-order valence-corrected chi connectivity index (χ2v) is 8.69. The fourth-order valence-electron chi connectivity index (χ4n) is 3.29. The number of hydrogen-bond donors (Lipinski definition) is 2. The van der Waals surface area contributed by atoms with Gasteiger partial charge in [0.05, 0.1) is 16.8 Å². The molecule has 2 N–H and O–H groups in total. The smallest absolute Gasteiger partial charge is 0.261 e. The van der Waals surface area contributed by atoms with Crippen molar-refractivity contribution in [3.8, 4) is 0 Å². The summed E-state index contributed by atoms with van der Waals surface area (Å²) in [4.78, 5) is 27.3. The fourth-order valence-corrected chi connectivity index (χ4v) is 4.83. The molecular formula is C16H19ClN2O4S. The zero-order valence-electron chi connectivity index (χ0n) is 13.0. The van der Waals surface area contributed by atoms with Gasteiger partial charge in [0.15, 0.2) is 9.84 Å². The summed E-state index contributed by atoms with van der Waals surface area (Å²) in [6, 6.07) is 0.756. The van der Waals surface area contributed by atoms with Gasteiger partial charge in [-0.05, 0) is 25.0 Å². The molecule has 1 aromatic heterocycles. The van der Waals surface area contributed by atoms with Crippen molar-refractivity contribution in [2.45, 2.75) is 44.1 Å². The average molecular weight is 371 g/mol. The van der Waals surface area contributed by atoms with Gasteiger partial charge in [0, 0.05) is 17.0 Å². The predicted molar refractivity (Wildman–Crippen MR) is 92.1 cm³/mol. The van der Waals surface area contributed by atoms with Crippen LogP contribution < -0.4 is 10.9 Å². The van der Waals surface area contributed by atoms with Gasteiger partial charge in [-0.25, -0.2) is 8.42 Å². The molecule has 0 aromatic carbocycles. The van der Waals surface area contributed by atoms with Gasteiger partial charge < -0.3 is 10.3 Å². The van der Waals surface area contributed by atoms with Gasteiger partial charge in [-0.3, -0.25) is 9.59 Å². The fraction of sp³-hybridized carbons (Fsp3) is 0.500. The van der Waals surface area contributed by atoms with Crippen LogP contribution in [0.2, 0.25) is 5.02 Å². The summed E-state index contributed by atoms with van der Waals surface area (Å²) in [7, 11) is -3.27. The maximum absolute atomic E-state index is 12.3. The number of amides is 1. The molecule has 1 aromatic rings. The summed E-state index contributed by atoms with van der Waals surface area (Å²) in [5.74, 6) is -0.594. The molecule has 3 rings (SSSR count). The quantitative estimate of drug-likeness (QED) is 0.851. The van der Waals surface area contributed by atoms with Crippen molar-refractivity contribution in [3.05, 3.63) is 44.2 Å². The van der Waals surface area contributed by atoms with Crippen LogP contribution in [0.3, 0.4) is 0 Å². The largest absolute Gasteiger partial charge is 0.345 e. The third-order valence-electron chi connectivity index (χ3n) is 4.53. The zero-order chi connectivity index (χ0) is 17.3. The molecule has 0 spiro atoms. The normalized spacial score (nSPS) is 23.3. The highest BCUT2D eigenvalue weighted by atomic mass is 35.5. The van der Waals surface area contributed by atoms with Crippen molar-refractivity contribution in [2.24, 2.45) is 0 Å². The topological polar surface area (TPSA) is 96.1 Å². The first-order valence-electron chi connectivity index (χ1n) is 8.00. The molecule has 0 radical (unpaired) electrons. The number of hydrogen-bond acceptors (Lipinski definition) is 4. The molecule has 1 aliphatic carbocycles. The first-order valence-corrected chi connectivity index (χ1v) is 10.1. The van der Waals surface area contributed by atoms with Gasteiger partial charge >= 0.3 is 0 Å². The van der Waals surface area contributed by atoms with Gasteiger partial charge in [-0.1, -0.05) is 30.9 Å². The van der Waals surface area contributed by atoms with Gasteiger partial charge in [0.1, 0.15) is 5.56 Å². The maximum atomic E-state index is 12.3. The minimum atomic E-state index is -3.27. The van der Waals surface area contributed by atoms with Crippen LogP contribution in [0.25, 0.3) is 0 Å². The molecule has 24 heavy (non-hydrogen) atoms. The third-order valence-corrected chi connectivity index (χ3v) is 6.23. The van der Waals surface area contributed by atoms with Crippen LogP contribution in [0.1, 0.15) is 54.1 Å². The molecule has 0 unspecified atom stereocenters. The van der Waals surface area contributed by atoms with Gasteiger partial charge in [0.25, 0.3) is 11.5 Å². The highest BCUT2D eigenvalue weighted by molar-refractivity contribution is 7.94. The molecule has 1 saturated carbocycles. The minimum absolute atomic E-state index is 0.0998. The number of nitrogens with one attached hydrogen (secondary N) is 2. The molecule has 1 amide bonds. The summed E-state index contributed by atoms with van der Waals surface area (Å²) in [5.41, 5.74) is 0.0980. The highest BCUT2D eigenvalue weighted by Gasteiger charge is 2.26. The molecule has 1 atom stereocenters. The number of aromatic amines is 1. The Morgan fingerprint density at radius 1 is 1.25 bits per heavy atom. The van der Waals surface area contributed by atoms with Crippen LogP contribution in [0.15, 0.2) is 22.3 Å². The van der Waals surface area contributed by atoms with Crippen molar-refractivity contribution in [3.63, 3.8) is 0 Å². The van der Waals surface area contributed by atoms with E-state index in [0.29, 0.717) is 10.7 Å². The van der Waals surface area contributed by atoms with Crippen molar-refractivity contribution in [1.29, 1.82) is 0 Å². The Bertz CT molecular complexity index is 838. The van der Waals surface area contributed by atoms with Crippen LogP contribution in [0, 0.1) is 0 Å². The van der Waals surface area contributed by atoms with E-state index >= 15 is 0 Å². The van der Waals surface area contributed by atoms with E-state index in [-0.39, 0.29) is 17.2 Å². The molecular weight excluding hydrogens is 352 g/mol. The van der Waals surface area contributed by atoms with Crippen LogP contribution in [0.4, 0.5) is 0 Å². The lowest BCUT2D eigenvalue weighted by molar-refractivity contribution is 0.0946. The maximum Gasteiger partial charge on any atom is 0.261 e. The zero-order valence-corrected chi connectivity index (χ0v) is 14.6. The molecule has 0 saturated heterocycles. The van der Waals surface area contributed by atoms with Crippen LogP contribution in [0.5, 0.6) is 0 Å². The van der Waals surface area contributed by atoms with E-state index < -0.39 is 27.3 Å². The lowest BCUT2D eigenvalue weighted by Crippen LogP contribution is -2.38. The summed E-state index contributed by atoms with van der Waals surface area (Å²) in [5, 5.41) is 3.98. The van der Waals surface area contributed by atoms with Gasteiger partial charge in [-0.15, -0.1) is 0 Å². The second kappa shape index (κ2) is 6.72. The Labute approximate surface area is 145 Å². The van der Waals surface area contributed by atoms with E-state index in [2.05, 4.69) is 10.3 Å². The number of halogens is 1. The van der Waals surface area contributed by atoms with Crippen molar-refractivity contribution < 1.29 is 13.2 Å². The third kappa shape index (κ3) is 3.72. The van der Waals surface area contributed by atoms with E-state index in [0.717, 1.165) is 31.1 Å². The highest BCUT2D eigenvalue weighted by Crippen LogP contribution is 2.34. The Hall–Kier alpha value is -1.60. The first-order chi connectivity index (χ1) is 11.4. The number of pyridine rings is 1. The van der Waals surface area contributed by atoms with Crippen molar-refractivity contribution >= 4 is 27.3 Å². The molecule has 1 fully saturated rings.